The Balaban J connectivity index is 1.75. The summed E-state index contributed by atoms with van der Waals surface area (Å²) in [6.07, 6.45) is 2.97. The Morgan fingerprint density at radius 3 is 2.71 bits per heavy atom. The van der Waals surface area contributed by atoms with Crippen LogP contribution >= 0.6 is 11.3 Å². The first-order chi connectivity index (χ1) is 8.07. The van der Waals surface area contributed by atoms with Gasteiger partial charge in [0, 0.05) is 22.8 Å². The van der Waals surface area contributed by atoms with Gasteiger partial charge in [-0.2, -0.15) is 0 Å². The molecule has 94 valence electrons. The molecule has 1 saturated carbocycles. The highest BCUT2D eigenvalue weighted by atomic mass is 32.1. The molecule has 0 saturated heterocycles. The van der Waals surface area contributed by atoms with Crippen molar-refractivity contribution in [3.63, 3.8) is 0 Å². The molecule has 1 aliphatic carbocycles. The van der Waals surface area contributed by atoms with Crippen molar-refractivity contribution in [1.29, 1.82) is 0 Å². The maximum atomic E-state index is 10.5. The van der Waals surface area contributed by atoms with Gasteiger partial charge in [-0.05, 0) is 31.4 Å². The van der Waals surface area contributed by atoms with Gasteiger partial charge in [-0.3, -0.25) is 4.79 Å². The van der Waals surface area contributed by atoms with Crippen LogP contribution in [0.3, 0.4) is 0 Å². The van der Waals surface area contributed by atoms with Crippen LogP contribution in [0, 0.1) is 0 Å². The molecule has 3 N–H and O–H groups in total. The lowest BCUT2D eigenvalue weighted by molar-refractivity contribution is -0.136. The maximum absolute atomic E-state index is 10.5. The van der Waals surface area contributed by atoms with Crippen molar-refractivity contribution in [3.8, 4) is 0 Å². The fourth-order valence-corrected chi connectivity index (χ4v) is 2.92. The zero-order valence-electron chi connectivity index (χ0n) is 9.61. The number of carboxylic acid groups (broad SMARTS) is 1. The molecule has 0 amide bonds. The zero-order chi connectivity index (χ0) is 12.3. The number of carbonyl (C=O) groups is 1. The molecule has 0 unspecified atom stereocenters. The first-order valence-corrected chi connectivity index (χ1v) is 6.62. The molecule has 5 heteroatoms. The van der Waals surface area contributed by atoms with Gasteiger partial charge >= 0.3 is 5.97 Å². The molecule has 1 aromatic rings. The van der Waals surface area contributed by atoms with Gasteiger partial charge in [0.25, 0.3) is 0 Å². The zero-order valence-corrected chi connectivity index (χ0v) is 10.4. The average Bonchev–Trinajstić information content (AvgIpc) is 2.62. The van der Waals surface area contributed by atoms with Gasteiger partial charge in [-0.25, -0.2) is 0 Å². The summed E-state index contributed by atoms with van der Waals surface area (Å²) < 4.78 is 0. The van der Waals surface area contributed by atoms with Crippen LogP contribution in [-0.2, 0) is 17.8 Å². The van der Waals surface area contributed by atoms with E-state index in [0.717, 1.165) is 29.0 Å². The Labute approximate surface area is 104 Å². The van der Waals surface area contributed by atoms with Crippen molar-refractivity contribution in [3.05, 3.63) is 21.9 Å². The third-order valence-electron chi connectivity index (χ3n) is 3.08. The first kappa shape index (κ1) is 12.5. The van der Waals surface area contributed by atoms with Crippen LogP contribution in [0.2, 0.25) is 0 Å². The molecule has 0 aliphatic heterocycles. The van der Waals surface area contributed by atoms with E-state index in [4.69, 9.17) is 5.11 Å². The van der Waals surface area contributed by atoms with Crippen LogP contribution in [0.5, 0.6) is 0 Å². The fourth-order valence-electron chi connectivity index (χ4n) is 1.94. The Morgan fingerprint density at radius 2 is 2.12 bits per heavy atom. The second-order valence-corrected chi connectivity index (χ2v) is 5.87. The summed E-state index contributed by atoms with van der Waals surface area (Å²) in [5.41, 5.74) is -0.499. The Hall–Kier alpha value is -0.910. The maximum Gasteiger partial charge on any atom is 0.308 e. The van der Waals surface area contributed by atoms with Crippen molar-refractivity contribution in [2.24, 2.45) is 0 Å². The topological polar surface area (TPSA) is 69.6 Å². The minimum absolute atomic E-state index is 0.0919. The lowest BCUT2D eigenvalue weighted by Gasteiger charge is -2.36. The summed E-state index contributed by atoms with van der Waals surface area (Å²) in [4.78, 5) is 12.5. The largest absolute Gasteiger partial charge is 0.481 e. The van der Waals surface area contributed by atoms with Crippen molar-refractivity contribution < 1.29 is 15.0 Å². The Kier molecular flexibility index (Phi) is 3.81. The van der Waals surface area contributed by atoms with Gasteiger partial charge in [0.15, 0.2) is 0 Å². The number of hydrogen-bond donors (Lipinski definition) is 3. The molecule has 2 rings (SSSR count). The van der Waals surface area contributed by atoms with Gasteiger partial charge in [0.1, 0.15) is 0 Å². The molecule has 0 radical (unpaired) electrons. The van der Waals surface area contributed by atoms with E-state index < -0.39 is 11.6 Å². The molecule has 1 heterocycles. The number of aliphatic carboxylic acids is 1. The normalized spacial score (nSPS) is 17.7. The van der Waals surface area contributed by atoms with E-state index in [2.05, 4.69) is 5.32 Å². The summed E-state index contributed by atoms with van der Waals surface area (Å²) in [5.74, 6) is -0.796. The van der Waals surface area contributed by atoms with Crippen LogP contribution in [0.25, 0.3) is 0 Å². The average molecular weight is 255 g/mol. The third-order valence-corrected chi connectivity index (χ3v) is 4.17. The summed E-state index contributed by atoms with van der Waals surface area (Å²) in [6, 6.07) is 3.80. The quantitative estimate of drug-likeness (QED) is 0.718. The lowest BCUT2D eigenvalue weighted by atomic mass is 9.80. The summed E-state index contributed by atoms with van der Waals surface area (Å²) in [7, 11) is 0. The fraction of sp³-hybridized carbons (Fsp3) is 0.583. The molecule has 0 atom stereocenters. The Bertz CT molecular complexity index is 398. The van der Waals surface area contributed by atoms with E-state index in [0.29, 0.717) is 13.1 Å². The van der Waals surface area contributed by atoms with Crippen molar-refractivity contribution in [2.75, 3.05) is 6.54 Å². The highest BCUT2D eigenvalue weighted by Crippen LogP contribution is 2.30. The SMILES string of the molecule is O=C(O)Cc1ccc(CNCC2(O)CCC2)s1. The molecule has 17 heavy (non-hydrogen) atoms. The Morgan fingerprint density at radius 1 is 1.41 bits per heavy atom. The van der Waals surface area contributed by atoms with Gasteiger partial charge in [0.05, 0.1) is 12.0 Å². The summed E-state index contributed by atoms with van der Waals surface area (Å²) in [6.45, 7) is 1.33. The highest BCUT2D eigenvalue weighted by molar-refractivity contribution is 7.12. The van der Waals surface area contributed by atoms with E-state index in [9.17, 15) is 9.90 Å². The van der Waals surface area contributed by atoms with E-state index in [1.807, 2.05) is 12.1 Å². The van der Waals surface area contributed by atoms with E-state index in [1.54, 1.807) is 0 Å². The minimum atomic E-state index is -0.796. The van der Waals surface area contributed by atoms with E-state index in [1.165, 1.54) is 11.3 Å². The van der Waals surface area contributed by atoms with Crippen molar-refractivity contribution in [2.45, 2.75) is 37.8 Å². The summed E-state index contributed by atoms with van der Waals surface area (Å²) >= 11 is 1.51. The molecule has 1 aliphatic rings. The van der Waals surface area contributed by atoms with Crippen molar-refractivity contribution in [1.82, 2.24) is 5.32 Å². The minimum Gasteiger partial charge on any atom is -0.481 e. The van der Waals surface area contributed by atoms with Gasteiger partial charge in [-0.15, -0.1) is 11.3 Å². The molecular weight excluding hydrogens is 238 g/mol. The summed E-state index contributed by atoms with van der Waals surface area (Å²) in [5, 5.41) is 21.8. The number of carboxylic acids is 1. The second-order valence-electron chi connectivity index (χ2n) is 4.62. The predicted molar refractivity (Wildman–Crippen MR) is 66.2 cm³/mol. The molecule has 0 bridgehead atoms. The first-order valence-electron chi connectivity index (χ1n) is 5.80. The highest BCUT2D eigenvalue weighted by Gasteiger charge is 2.33. The van der Waals surface area contributed by atoms with Gasteiger partial charge in [-0.1, -0.05) is 0 Å². The lowest BCUT2D eigenvalue weighted by Crippen LogP contribution is -2.45. The molecular formula is C12H17NO3S. The molecule has 0 aromatic carbocycles. The van der Waals surface area contributed by atoms with Gasteiger partial charge in [0.2, 0.25) is 0 Å². The second kappa shape index (κ2) is 5.16. The van der Waals surface area contributed by atoms with Crippen LogP contribution in [0.15, 0.2) is 12.1 Å². The standard InChI is InChI=1S/C12H17NO3S/c14-11(15)6-9-2-3-10(17-9)7-13-8-12(16)4-1-5-12/h2-3,13,16H,1,4-8H2,(H,14,15). The van der Waals surface area contributed by atoms with E-state index >= 15 is 0 Å². The van der Waals surface area contributed by atoms with Crippen molar-refractivity contribution >= 4 is 17.3 Å². The monoisotopic (exact) mass is 255 g/mol. The molecule has 0 spiro atoms. The number of nitrogens with one attached hydrogen (secondary N) is 1. The number of thiophene rings is 1. The smallest absolute Gasteiger partial charge is 0.308 e. The number of rotatable bonds is 6. The van der Waals surface area contributed by atoms with E-state index in [-0.39, 0.29) is 6.42 Å². The van der Waals surface area contributed by atoms with Crippen LogP contribution in [-0.4, -0.2) is 28.3 Å². The molecule has 1 aromatic heterocycles. The molecule has 1 fully saturated rings. The van der Waals surface area contributed by atoms with Crippen LogP contribution < -0.4 is 5.32 Å². The van der Waals surface area contributed by atoms with Crippen LogP contribution in [0.4, 0.5) is 0 Å². The van der Waals surface area contributed by atoms with Crippen LogP contribution in [0.1, 0.15) is 29.0 Å². The third kappa shape index (κ3) is 3.52. The number of hydrogen-bond acceptors (Lipinski definition) is 4. The predicted octanol–water partition coefficient (Wildman–Crippen LogP) is 1.38. The van der Waals surface area contributed by atoms with Gasteiger partial charge < -0.3 is 15.5 Å². The number of aliphatic hydroxyl groups is 1. The molecule has 4 nitrogen and oxygen atoms in total.